The molecule has 10 heteroatoms. The zero-order valence-electron chi connectivity index (χ0n) is 36.1. The molecule has 0 aliphatic carbocycles. The molecule has 0 fully saturated rings. The van der Waals surface area contributed by atoms with Crippen molar-refractivity contribution in [2.24, 2.45) is 0 Å². The largest absolute Gasteiger partial charge is 0.465 e. The predicted octanol–water partition coefficient (Wildman–Crippen LogP) is 10.7. The van der Waals surface area contributed by atoms with Crippen LogP contribution in [0.4, 0.5) is 9.59 Å². The summed E-state index contributed by atoms with van der Waals surface area (Å²) in [5, 5.41) is 17.8. The average molecular weight is 811 g/mol. The number of carbonyl (C=O) groups excluding carboxylic acids is 3. The fourth-order valence-electron chi connectivity index (χ4n) is 8.18. The van der Waals surface area contributed by atoms with E-state index in [4.69, 9.17) is 4.74 Å². The van der Waals surface area contributed by atoms with Crippen molar-refractivity contribution in [3.8, 4) is 0 Å². The van der Waals surface area contributed by atoms with Gasteiger partial charge < -0.3 is 29.4 Å². The zero-order valence-corrected chi connectivity index (χ0v) is 36.1. The van der Waals surface area contributed by atoms with Gasteiger partial charge in [0.1, 0.15) is 5.60 Å². The van der Waals surface area contributed by atoms with Crippen LogP contribution in [0.5, 0.6) is 0 Å². The molecule has 0 unspecified atom stereocenters. The van der Waals surface area contributed by atoms with Crippen molar-refractivity contribution in [3.05, 3.63) is 119 Å². The zero-order chi connectivity index (χ0) is 43.1. The molecule has 0 aliphatic rings. The standard InChI is InChI=1S/C50H58N4O6/c1-50(2,3)60-49(59)54(7)33-45-40-26-18-14-22-36(40)43(37-23-15-19-27-41(37)45)31-52(5)47(56)29-11-9-8-10-28-46(55)51(4)30-42-34-20-12-16-24-38(34)44(32-53(6)48(57)58)39-25-17-13-21-35(39)42/h12-27H,8-11,28-33H2,1-7H3,(H,57,58). The number of benzene rings is 6. The number of rotatable bonds is 15. The van der Waals surface area contributed by atoms with E-state index in [0.717, 1.165) is 91.0 Å². The van der Waals surface area contributed by atoms with Crippen molar-refractivity contribution in [1.82, 2.24) is 19.6 Å². The molecule has 1 N–H and O–H groups in total. The molecule has 4 amide bonds. The quantitative estimate of drug-likeness (QED) is 0.0817. The fourth-order valence-corrected chi connectivity index (χ4v) is 8.18. The lowest BCUT2D eigenvalue weighted by atomic mass is 9.91. The maximum atomic E-state index is 13.5. The summed E-state index contributed by atoms with van der Waals surface area (Å²) < 4.78 is 5.64. The van der Waals surface area contributed by atoms with Gasteiger partial charge in [-0.05, 0) is 99.0 Å². The first-order valence-electron chi connectivity index (χ1n) is 20.8. The Morgan fingerprint density at radius 3 is 0.983 bits per heavy atom. The Labute approximate surface area is 353 Å². The van der Waals surface area contributed by atoms with Gasteiger partial charge in [-0.15, -0.1) is 0 Å². The minimum absolute atomic E-state index is 0.0654. The van der Waals surface area contributed by atoms with Gasteiger partial charge >= 0.3 is 12.2 Å². The summed E-state index contributed by atoms with van der Waals surface area (Å²) in [6.07, 6.45) is 2.67. The molecule has 0 aromatic heterocycles. The summed E-state index contributed by atoms with van der Waals surface area (Å²) in [4.78, 5) is 58.1. The molecular formula is C50H58N4O6. The van der Waals surface area contributed by atoms with E-state index in [1.54, 1.807) is 23.9 Å². The van der Waals surface area contributed by atoms with Crippen molar-refractivity contribution in [3.63, 3.8) is 0 Å². The van der Waals surface area contributed by atoms with Gasteiger partial charge in [0.25, 0.3) is 0 Å². The van der Waals surface area contributed by atoms with E-state index in [1.165, 1.54) is 4.90 Å². The molecule has 6 aromatic carbocycles. The Bertz CT molecular complexity index is 2430. The highest BCUT2D eigenvalue weighted by molar-refractivity contribution is 6.07. The second-order valence-electron chi connectivity index (χ2n) is 17.0. The Morgan fingerprint density at radius 2 is 0.717 bits per heavy atom. The van der Waals surface area contributed by atoms with E-state index in [9.17, 15) is 24.3 Å². The van der Waals surface area contributed by atoms with E-state index in [2.05, 4.69) is 36.4 Å². The van der Waals surface area contributed by atoms with E-state index < -0.39 is 11.7 Å². The van der Waals surface area contributed by atoms with Crippen LogP contribution in [0.15, 0.2) is 97.1 Å². The monoisotopic (exact) mass is 810 g/mol. The lowest BCUT2D eigenvalue weighted by Crippen LogP contribution is -2.34. The number of hydrogen-bond donors (Lipinski definition) is 1. The maximum absolute atomic E-state index is 13.5. The molecule has 0 spiro atoms. The Kier molecular flexibility index (Phi) is 13.6. The highest BCUT2D eigenvalue weighted by Gasteiger charge is 2.23. The third-order valence-corrected chi connectivity index (χ3v) is 11.3. The van der Waals surface area contributed by atoms with Crippen LogP contribution >= 0.6 is 0 Å². The number of carbonyl (C=O) groups is 4. The molecule has 0 aliphatic heterocycles. The number of ether oxygens (including phenoxy) is 1. The van der Waals surface area contributed by atoms with Crippen LogP contribution in [0.1, 0.15) is 81.5 Å². The van der Waals surface area contributed by atoms with Crippen LogP contribution in [-0.2, 0) is 40.5 Å². The molecule has 6 aromatic rings. The fraction of sp³-hybridized carbons (Fsp3) is 0.360. The van der Waals surface area contributed by atoms with Gasteiger partial charge in [0.15, 0.2) is 0 Å². The van der Waals surface area contributed by atoms with Crippen molar-refractivity contribution in [1.29, 1.82) is 0 Å². The normalized spacial score (nSPS) is 11.6. The van der Waals surface area contributed by atoms with E-state index in [-0.39, 0.29) is 24.5 Å². The molecule has 60 heavy (non-hydrogen) atoms. The van der Waals surface area contributed by atoms with Gasteiger partial charge in [-0.25, -0.2) is 9.59 Å². The lowest BCUT2D eigenvalue weighted by Gasteiger charge is -2.26. The second kappa shape index (κ2) is 18.8. The number of nitrogens with zero attached hydrogens (tertiary/aromatic N) is 4. The highest BCUT2D eigenvalue weighted by atomic mass is 16.6. The molecule has 10 nitrogen and oxygen atoms in total. The molecular weight excluding hydrogens is 753 g/mol. The van der Waals surface area contributed by atoms with Crippen LogP contribution < -0.4 is 0 Å². The minimum Gasteiger partial charge on any atom is -0.465 e. The van der Waals surface area contributed by atoms with Crippen LogP contribution in [0.25, 0.3) is 43.1 Å². The molecule has 6 rings (SSSR count). The molecule has 314 valence electrons. The highest BCUT2D eigenvalue weighted by Crippen LogP contribution is 2.36. The number of hydrogen-bond acceptors (Lipinski definition) is 5. The first kappa shape index (κ1) is 43.4. The number of fused-ring (bicyclic) bond motifs is 4. The van der Waals surface area contributed by atoms with Gasteiger partial charge in [0.2, 0.25) is 11.8 Å². The number of unbranched alkanes of at least 4 members (excludes halogenated alkanes) is 3. The predicted molar refractivity (Wildman–Crippen MR) is 241 cm³/mol. The Morgan fingerprint density at radius 1 is 0.450 bits per heavy atom. The average Bonchev–Trinajstić information content (AvgIpc) is 3.23. The van der Waals surface area contributed by atoms with Gasteiger partial charge in [0, 0.05) is 67.2 Å². The van der Waals surface area contributed by atoms with E-state index >= 15 is 0 Å². The third kappa shape index (κ3) is 9.99. The van der Waals surface area contributed by atoms with Gasteiger partial charge in [0.05, 0.1) is 0 Å². The van der Waals surface area contributed by atoms with E-state index in [0.29, 0.717) is 32.5 Å². The minimum atomic E-state index is -0.985. The Hall–Kier alpha value is -6.16. The van der Waals surface area contributed by atoms with Gasteiger partial charge in [-0.1, -0.05) is 110 Å². The first-order valence-corrected chi connectivity index (χ1v) is 20.8. The molecule has 0 radical (unpaired) electrons. The summed E-state index contributed by atoms with van der Waals surface area (Å²) in [5.74, 6) is 0.142. The molecule has 0 heterocycles. The second-order valence-corrected chi connectivity index (χ2v) is 17.0. The van der Waals surface area contributed by atoms with Crippen molar-refractivity contribution >= 4 is 67.1 Å². The summed E-state index contributed by atoms with van der Waals surface area (Å²) in [6, 6.07) is 32.4. The molecule has 0 bridgehead atoms. The van der Waals surface area contributed by atoms with Crippen LogP contribution in [0.3, 0.4) is 0 Å². The SMILES string of the molecule is CN(Cc1c2ccccc2c(CN(C)C(=O)CCCCCCC(=O)N(C)Cc2c3ccccc3c(CN(C)C(=O)OC(C)(C)C)c3ccccc23)c2ccccc12)C(=O)O. The number of amides is 4. The summed E-state index contributed by atoms with van der Waals surface area (Å²) in [5.41, 5.74) is 3.51. The van der Waals surface area contributed by atoms with Crippen molar-refractivity contribution in [2.75, 3.05) is 28.2 Å². The lowest BCUT2D eigenvalue weighted by molar-refractivity contribution is -0.131. The van der Waals surface area contributed by atoms with Gasteiger partial charge in [-0.3, -0.25) is 9.59 Å². The summed E-state index contributed by atoms with van der Waals surface area (Å²) >= 11 is 0. The summed E-state index contributed by atoms with van der Waals surface area (Å²) in [7, 11) is 7.03. The molecule has 0 atom stereocenters. The number of carboxylic acid groups (broad SMARTS) is 1. The maximum Gasteiger partial charge on any atom is 0.410 e. The first-order chi connectivity index (χ1) is 28.6. The van der Waals surface area contributed by atoms with Crippen molar-refractivity contribution < 1.29 is 29.0 Å². The van der Waals surface area contributed by atoms with Crippen LogP contribution in [0, 0.1) is 0 Å². The smallest absolute Gasteiger partial charge is 0.410 e. The summed E-state index contributed by atoms with van der Waals surface area (Å²) in [6.45, 7) is 7.11. The Balaban J connectivity index is 1.04. The van der Waals surface area contributed by atoms with Crippen LogP contribution in [-0.4, -0.2) is 82.5 Å². The van der Waals surface area contributed by atoms with E-state index in [1.807, 2.05) is 100 Å². The van der Waals surface area contributed by atoms with Crippen molar-refractivity contribution in [2.45, 2.75) is 91.1 Å². The topological polar surface area (TPSA) is 111 Å². The molecule has 0 saturated heterocycles. The van der Waals surface area contributed by atoms with Gasteiger partial charge in [-0.2, -0.15) is 0 Å². The van der Waals surface area contributed by atoms with Crippen LogP contribution in [0.2, 0.25) is 0 Å². The third-order valence-electron chi connectivity index (χ3n) is 11.3. The molecule has 0 saturated carbocycles.